The van der Waals surface area contributed by atoms with Crippen LogP contribution in [0.25, 0.3) is 6.20 Å². The van der Waals surface area contributed by atoms with E-state index in [-0.39, 0.29) is 12.1 Å². The molecule has 1 saturated heterocycles. The molecule has 190 valence electrons. The smallest absolute Gasteiger partial charge is 0.221 e. The van der Waals surface area contributed by atoms with E-state index in [1.807, 2.05) is 36.7 Å². The SMILES string of the molecule is CC(=O)Nc1cccc(C2CCN(CCCN(c3ccccc3)C3C=NC=c4ccccc4=N3)CC2)c1. The maximum atomic E-state index is 11.4. The molecule has 0 aromatic heterocycles. The van der Waals surface area contributed by atoms with Gasteiger partial charge in [-0.1, -0.05) is 48.5 Å². The number of carbonyl (C=O) groups is 1. The molecule has 5 rings (SSSR count). The number of fused-ring (bicyclic) bond motifs is 1. The van der Waals surface area contributed by atoms with Crippen molar-refractivity contribution in [2.75, 3.05) is 36.4 Å². The van der Waals surface area contributed by atoms with Crippen LogP contribution in [0.5, 0.6) is 0 Å². The number of nitrogens with zero attached hydrogens (tertiary/aromatic N) is 4. The summed E-state index contributed by atoms with van der Waals surface area (Å²) >= 11 is 0. The topological polar surface area (TPSA) is 60.3 Å². The molecule has 2 heterocycles. The predicted octanol–water partition coefficient (Wildman–Crippen LogP) is 4.19. The number of likely N-dealkylation sites (tertiary alicyclic amines) is 1. The van der Waals surface area contributed by atoms with Gasteiger partial charge in [-0.05, 0) is 80.7 Å². The van der Waals surface area contributed by atoms with Crippen LogP contribution >= 0.6 is 0 Å². The molecule has 2 aliphatic rings. The second kappa shape index (κ2) is 12.0. The van der Waals surface area contributed by atoms with Crippen molar-refractivity contribution in [3.63, 3.8) is 0 Å². The van der Waals surface area contributed by atoms with Gasteiger partial charge in [0.1, 0.15) is 0 Å². The molecule has 0 spiro atoms. The summed E-state index contributed by atoms with van der Waals surface area (Å²) in [6.45, 7) is 5.72. The number of anilines is 2. The summed E-state index contributed by atoms with van der Waals surface area (Å²) in [4.78, 5) is 26.0. The first-order valence-corrected chi connectivity index (χ1v) is 13.2. The van der Waals surface area contributed by atoms with Gasteiger partial charge in [0.05, 0.1) is 5.36 Å². The first-order valence-electron chi connectivity index (χ1n) is 13.2. The Labute approximate surface area is 219 Å². The summed E-state index contributed by atoms with van der Waals surface area (Å²) in [5, 5.41) is 4.95. The molecular formula is C31H35N5O. The molecular weight excluding hydrogens is 458 g/mol. The highest BCUT2D eigenvalue weighted by atomic mass is 16.1. The minimum absolute atomic E-state index is 0.0261. The van der Waals surface area contributed by atoms with E-state index >= 15 is 0 Å². The van der Waals surface area contributed by atoms with Crippen LogP contribution in [-0.2, 0) is 4.79 Å². The minimum atomic E-state index is -0.135. The van der Waals surface area contributed by atoms with E-state index in [1.54, 1.807) is 6.92 Å². The van der Waals surface area contributed by atoms with Gasteiger partial charge in [0.15, 0.2) is 6.17 Å². The van der Waals surface area contributed by atoms with Crippen LogP contribution in [0, 0.1) is 0 Å². The van der Waals surface area contributed by atoms with Crippen molar-refractivity contribution in [1.82, 2.24) is 4.90 Å². The summed E-state index contributed by atoms with van der Waals surface area (Å²) in [5.74, 6) is 0.518. The Hall–Kier alpha value is -3.77. The van der Waals surface area contributed by atoms with Crippen LogP contribution in [0.1, 0.15) is 37.7 Å². The Balaban J connectivity index is 1.20. The van der Waals surface area contributed by atoms with Crippen molar-refractivity contribution in [3.8, 4) is 0 Å². The van der Waals surface area contributed by atoms with Crippen molar-refractivity contribution in [1.29, 1.82) is 0 Å². The molecule has 1 atom stereocenters. The first-order chi connectivity index (χ1) is 18.2. The van der Waals surface area contributed by atoms with Crippen LogP contribution < -0.4 is 20.8 Å². The maximum absolute atomic E-state index is 11.4. The molecule has 0 aliphatic carbocycles. The van der Waals surface area contributed by atoms with E-state index in [2.05, 4.69) is 74.7 Å². The zero-order valence-electron chi connectivity index (χ0n) is 21.5. The quantitative estimate of drug-likeness (QED) is 0.512. The number of hydrogen-bond donors (Lipinski definition) is 1. The standard InChI is InChI=1S/C31H35N5O/c1-24(37)33-28-11-7-10-26(21-28)25-15-19-35(20-16-25)17-8-18-36(29-12-3-2-4-13-29)31-23-32-22-27-9-5-6-14-30(27)34-31/h2-7,9-14,21-23,25,31H,8,15-20H2,1H3,(H,33,37). The summed E-state index contributed by atoms with van der Waals surface area (Å²) in [7, 11) is 0. The number of carbonyl (C=O) groups excluding carboxylic acids is 1. The van der Waals surface area contributed by atoms with Crippen molar-refractivity contribution < 1.29 is 4.79 Å². The number of piperidine rings is 1. The number of rotatable bonds is 8. The maximum Gasteiger partial charge on any atom is 0.221 e. The largest absolute Gasteiger partial charge is 0.345 e. The van der Waals surface area contributed by atoms with Crippen LogP contribution in [-0.4, -0.2) is 49.4 Å². The molecule has 6 heteroatoms. The third-order valence-corrected chi connectivity index (χ3v) is 7.19. The Kier molecular flexibility index (Phi) is 8.06. The Morgan fingerprint density at radius 3 is 2.59 bits per heavy atom. The van der Waals surface area contributed by atoms with Crippen LogP contribution in [0.4, 0.5) is 11.4 Å². The van der Waals surface area contributed by atoms with E-state index in [4.69, 9.17) is 4.99 Å². The fourth-order valence-electron chi connectivity index (χ4n) is 5.30. The highest BCUT2D eigenvalue weighted by Gasteiger charge is 2.22. The monoisotopic (exact) mass is 493 g/mol. The Bertz CT molecular complexity index is 1350. The lowest BCUT2D eigenvalue weighted by Gasteiger charge is -2.34. The second-order valence-corrected chi connectivity index (χ2v) is 9.83. The number of benzene rings is 3. The Morgan fingerprint density at radius 1 is 1.00 bits per heavy atom. The van der Waals surface area contributed by atoms with Gasteiger partial charge in [0.2, 0.25) is 5.91 Å². The molecule has 1 amide bonds. The lowest BCUT2D eigenvalue weighted by Crippen LogP contribution is -2.40. The van der Waals surface area contributed by atoms with E-state index in [9.17, 15) is 4.79 Å². The van der Waals surface area contributed by atoms with Gasteiger partial charge in [-0.15, -0.1) is 0 Å². The average Bonchev–Trinajstić information content (AvgIpc) is 3.14. The lowest BCUT2D eigenvalue weighted by molar-refractivity contribution is -0.114. The molecule has 1 N–H and O–H groups in total. The highest BCUT2D eigenvalue weighted by molar-refractivity contribution is 5.88. The molecule has 6 nitrogen and oxygen atoms in total. The lowest BCUT2D eigenvalue weighted by atomic mass is 9.89. The van der Waals surface area contributed by atoms with Crippen LogP contribution in [0.3, 0.4) is 0 Å². The van der Waals surface area contributed by atoms with E-state index in [0.29, 0.717) is 5.92 Å². The van der Waals surface area contributed by atoms with Crippen LogP contribution in [0.2, 0.25) is 0 Å². The number of hydrogen-bond acceptors (Lipinski definition) is 5. The summed E-state index contributed by atoms with van der Waals surface area (Å²) in [6, 6.07) is 27.0. The number of amides is 1. The van der Waals surface area contributed by atoms with Gasteiger partial charge in [0, 0.05) is 42.5 Å². The number of para-hydroxylation sites is 2. The third-order valence-electron chi connectivity index (χ3n) is 7.19. The van der Waals surface area contributed by atoms with Crippen LogP contribution in [0.15, 0.2) is 88.8 Å². The van der Waals surface area contributed by atoms with Gasteiger partial charge >= 0.3 is 0 Å². The van der Waals surface area contributed by atoms with Crippen molar-refractivity contribution in [2.45, 2.75) is 38.3 Å². The van der Waals surface area contributed by atoms with Crippen molar-refractivity contribution in [2.24, 2.45) is 9.98 Å². The Morgan fingerprint density at radius 2 is 1.78 bits per heavy atom. The van der Waals surface area contributed by atoms with E-state index in [1.165, 1.54) is 11.3 Å². The van der Waals surface area contributed by atoms with Gasteiger partial charge in [-0.25, -0.2) is 0 Å². The van der Waals surface area contributed by atoms with Gasteiger partial charge in [0.25, 0.3) is 0 Å². The minimum Gasteiger partial charge on any atom is -0.345 e. The number of nitrogens with one attached hydrogen (secondary N) is 1. The zero-order valence-corrected chi connectivity index (χ0v) is 21.5. The van der Waals surface area contributed by atoms with E-state index in [0.717, 1.165) is 61.7 Å². The highest BCUT2D eigenvalue weighted by Crippen LogP contribution is 2.29. The average molecular weight is 494 g/mol. The zero-order chi connectivity index (χ0) is 25.5. The van der Waals surface area contributed by atoms with E-state index < -0.39 is 0 Å². The van der Waals surface area contributed by atoms with Gasteiger partial charge in [-0.3, -0.25) is 14.8 Å². The molecule has 2 aliphatic heterocycles. The summed E-state index contributed by atoms with van der Waals surface area (Å²) in [5.41, 5.74) is 3.38. The fourth-order valence-corrected chi connectivity index (χ4v) is 5.30. The second-order valence-electron chi connectivity index (χ2n) is 9.83. The molecule has 0 saturated carbocycles. The van der Waals surface area contributed by atoms with Gasteiger partial charge in [-0.2, -0.15) is 0 Å². The number of aliphatic imine (C=N–C) groups is 1. The molecule has 3 aromatic rings. The summed E-state index contributed by atoms with van der Waals surface area (Å²) < 4.78 is 0. The summed E-state index contributed by atoms with van der Waals surface area (Å²) in [6.07, 6.45) is 7.06. The predicted molar refractivity (Wildman–Crippen MR) is 152 cm³/mol. The molecule has 3 aromatic carbocycles. The van der Waals surface area contributed by atoms with Crippen molar-refractivity contribution in [3.05, 3.63) is 95.0 Å². The molecule has 1 unspecified atom stereocenters. The molecule has 1 fully saturated rings. The normalized spacial score (nSPS) is 17.7. The fraction of sp³-hybridized carbons (Fsp3) is 0.323. The first kappa shape index (κ1) is 24.9. The molecule has 37 heavy (non-hydrogen) atoms. The van der Waals surface area contributed by atoms with Gasteiger partial charge < -0.3 is 15.1 Å². The third kappa shape index (κ3) is 6.52. The molecule has 0 radical (unpaired) electrons. The van der Waals surface area contributed by atoms with Crippen molar-refractivity contribution >= 4 is 29.7 Å². The molecule has 0 bridgehead atoms.